The summed E-state index contributed by atoms with van der Waals surface area (Å²) >= 11 is 1.60. The van der Waals surface area contributed by atoms with Gasteiger partial charge in [-0.25, -0.2) is 4.98 Å². The number of carbonyl (C=O) groups excluding carboxylic acids is 2. The van der Waals surface area contributed by atoms with E-state index in [1.54, 1.807) is 18.4 Å². The molecule has 0 saturated heterocycles. The van der Waals surface area contributed by atoms with Crippen LogP contribution in [0.1, 0.15) is 37.0 Å². The van der Waals surface area contributed by atoms with Crippen LogP contribution >= 0.6 is 11.3 Å². The van der Waals surface area contributed by atoms with E-state index in [2.05, 4.69) is 25.5 Å². The summed E-state index contributed by atoms with van der Waals surface area (Å²) in [6.45, 7) is 7.96. The molecule has 8 heteroatoms. The minimum atomic E-state index is -0.640. The lowest BCUT2D eigenvalue weighted by Gasteiger charge is -2.29. The van der Waals surface area contributed by atoms with Gasteiger partial charge < -0.3 is 20.5 Å². The lowest BCUT2D eigenvalue weighted by atomic mass is 9.86. The minimum Gasteiger partial charge on any atom is -0.357 e. The summed E-state index contributed by atoms with van der Waals surface area (Å²) in [6, 6.07) is 3.34. The molecule has 1 atom stereocenters. The van der Waals surface area contributed by atoms with Crippen LogP contribution in [-0.4, -0.2) is 41.0 Å². The van der Waals surface area contributed by atoms with Crippen LogP contribution in [0.25, 0.3) is 10.7 Å². The third kappa shape index (κ3) is 3.52. The van der Waals surface area contributed by atoms with Crippen LogP contribution in [0.5, 0.6) is 0 Å². The number of fused-ring (bicyclic) bond motifs is 1. The molecule has 0 radical (unpaired) electrons. The number of rotatable bonds is 4. The molecule has 3 rings (SSSR count). The zero-order chi connectivity index (χ0) is 18.9. The van der Waals surface area contributed by atoms with Crippen molar-refractivity contribution in [3.63, 3.8) is 0 Å². The Balaban J connectivity index is 1.96. The SMILES string of the molecule is CNC(=O)[C@@H](NC(=O)c1nc(-c2cccs2)n2c1CNCC2)C(C)(C)C. The molecule has 0 spiro atoms. The normalized spacial score (nSPS) is 15.2. The molecule has 0 fully saturated rings. The molecule has 140 valence electrons. The summed E-state index contributed by atoms with van der Waals surface area (Å²) in [5.41, 5.74) is 0.838. The largest absolute Gasteiger partial charge is 0.357 e. The highest BCUT2D eigenvalue weighted by atomic mass is 32.1. The number of likely N-dealkylation sites (N-methyl/N-ethyl adjacent to an activating group) is 1. The number of carbonyl (C=O) groups is 2. The van der Waals surface area contributed by atoms with Crippen LogP contribution in [0.15, 0.2) is 17.5 Å². The predicted molar refractivity (Wildman–Crippen MR) is 102 cm³/mol. The van der Waals surface area contributed by atoms with Gasteiger partial charge in [-0.05, 0) is 16.9 Å². The molecule has 1 aliphatic rings. The summed E-state index contributed by atoms with van der Waals surface area (Å²) in [5, 5.41) is 10.8. The fourth-order valence-corrected chi connectivity index (χ4v) is 3.82. The number of thiophene rings is 1. The van der Waals surface area contributed by atoms with Crippen LogP contribution in [0, 0.1) is 5.41 Å². The van der Waals surface area contributed by atoms with E-state index < -0.39 is 11.5 Å². The highest BCUT2D eigenvalue weighted by molar-refractivity contribution is 7.13. The molecule has 0 aliphatic carbocycles. The van der Waals surface area contributed by atoms with Gasteiger partial charge in [-0.2, -0.15) is 0 Å². The average Bonchev–Trinajstić information content (AvgIpc) is 3.25. The van der Waals surface area contributed by atoms with Crippen molar-refractivity contribution in [1.29, 1.82) is 0 Å². The molecule has 3 N–H and O–H groups in total. The molecule has 2 amide bonds. The summed E-state index contributed by atoms with van der Waals surface area (Å²) in [7, 11) is 1.57. The first-order valence-corrected chi connectivity index (χ1v) is 9.57. The van der Waals surface area contributed by atoms with Gasteiger partial charge in [0.05, 0.1) is 10.6 Å². The quantitative estimate of drug-likeness (QED) is 0.757. The molecule has 3 heterocycles. The van der Waals surface area contributed by atoms with E-state index in [4.69, 9.17) is 0 Å². The summed E-state index contributed by atoms with van der Waals surface area (Å²) in [6.07, 6.45) is 0. The second kappa shape index (κ2) is 7.20. The van der Waals surface area contributed by atoms with Crippen molar-refractivity contribution in [3.05, 3.63) is 28.9 Å². The third-order valence-corrected chi connectivity index (χ3v) is 5.35. The van der Waals surface area contributed by atoms with Crippen molar-refractivity contribution in [2.75, 3.05) is 13.6 Å². The van der Waals surface area contributed by atoms with Gasteiger partial charge in [-0.15, -0.1) is 11.3 Å². The zero-order valence-corrected chi connectivity index (χ0v) is 16.4. The maximum atomic E-state index is 13.0. The topological polar surface area (TPSA) is 88.1 Å². The first-order chi connectivity index (χ1) is 12.3. The van der Waals surface area contributed by atoms with Crippen molar-refractivity contribution < 1.29 is 9.59 Å². The van der Waals surface area contributed by atoms with Crippen molar-refractivity contribution in [2.45, 2.75) is 39.9 Å². The zero-order valence-electron chi connectivity index (χ0n) is 15.5. The van der Waals surface area contributed by atoms with Crippen molar-refractivity contribution in [1.82, 2.24) is 25.5 Å². The minimum absolute atomic E-state index is 0.212. The van der Waals surface area contributed by atoms with Gasteiger partial charge in [0.1, 0.15) is 6.04 Å². The summed E-state index contributed by atoms with van der Waals surface area (Å²) < 4.78 is 2.10. The fourth-order valence-electron chi connectivity index (χ4n) is 3.10. The number of hydrogen-bond donors (Lipinski definition) is 3. The van der Waals surface area contributed by atoms with Gasteiger partial charge in [0.15, 0.2) is 11.5 Å². The van der Waals surface area contributed by atoms with E-state index in [0.29, 0.717) is 12.2 Å². The van der Waals surface area contributed by atoms with Gasteiger partial charge in [0.2, 0.25) is 5.91 Å². The lowest BCUT2D eigenvalue weighted by Crippen LogP contribution is -2.53. The molecule has 2 aromatic heterocycles. The van der Waals surface area contributed by atoms with Gasteiger partial charge in [0.25, 0.3) is 5.91 Å². The Morgan fingerprint density at radius 2 is 2.15 bits per heavy atom. The maximum Gasteiger partial charge on any atom is 0.272 e. The van der Waals surface area contributed by atoms with Crippen LogP contribution in [0.4, 0.5) is 0 Å². The van der Waals surface area contributed by atoms with E-state index in [9.17, 15) is 9.59 Å². The maximum absolute atomic E-state index is 13.0. The van der Waals surface area contributed by atoms with Crippen molar-refractivity contribution in [2.24, 2.45) is 5.41 Å². The second-order valence-corrected chi connectivity index (χ2v) is 8.37. The van der Waals surface area contributed by atoms with Gasteiger partial charge in [0, 0.05) is 26.7 Å². The van der Waals surface area contributed by atoms with Crippen molar-refractivity contribution >= 4 is 23.2 Å². The van der Waals surface area contributed by atoms with E-state index in [1.165, 1.54) is 0 Å². The average molecular weight is 375 g/mol. The fraction of sp³-hybridized carbons (Fsp3) is 0.500. The molecular weight excluding hydrogens is 350 g/mol. The number of imidazole rings is 1. The Hall–Kier alpha value is -2.19. The predicted octanol–water partition coefficient (Wildman–Crippen LogP) is 1.61. The van der Waals surface area contributed by atoms with Gasteiger partial charge in [-0.3, -0.25) is 9.59 Å². The Morgan fingerprint density at radius 3 is 2.77 bits per heavy atom. The molecule has 0 saturated carbocycles. The first kappa shape index (κ1) is 18.6. The van der Waals surface area contributed by atoms with Gasteiger partial charge in [-0.1, -0.05) is 26.8 Å². The van der Waals surface area contributed by atoms with E-state index in [1.807, 2.05) is 38.3 Å². The number of nitrogens with zero attached hydrogens (tertiary/aromatic N) is 2. The number of nitrogens with one attached hydrogen (secondary N) is 3. The molecule has 2 aromatic rings. The Kier molecular flexibility index (Phi) is 5.15. The Labute approximate surface area is 157 Å². The van der Waals surface area contributed by atoms with E-state index >= 15 is 0 Å². The monoisotopic (exact) mass is 375 g/mol. The van der Waals surface area contributed by atoms with Crippen LogP contribution in [0.3, 0.4) is 0 Å². The second-order valence-electron chi connectivity index (χ2n) is 7.42. The summed E-state index contributed by atoms with van der Waals surface area (Å²) in [5.74, 6) is 0.285. The molecule has 7 nitrogen and oxygen atoms in total. The number of amides is 2. The first-order valence-electron chi connectivity index (χ1n) is 8.69. The lowest BCUT2D eigenvalue weighted by molar-refractivity contribution is -0.124. The summed E-state index contributed by atoms with van der Waals surface area (Å²) in [4.78, 5) is 30.9. The highest BCUT2D eigenvalue weighted by Crippen LogP contribution is 2.28. The highest BCUT2D eigenvalue weighted by Gasteiger charge is 2.34. The van der Waals surface area contributed by atoms with Crippen LogP contribution in [-0.2, 0) is 17.9 Å². The molecule has 0 unspecified atom stereocenters. The van der Waals surface area contributed by atoms with Crippen LogP contribution in [0.2, 0.25) is 0 Å². The molecular formula is C18H25N5O2S. The molecule has 1 aliphatic heterocycles. The standard InChI is InChI=1S/C18H25N5O2S/c1-18(2,3)14(17(25)19-4)22-16(24)13-11-10-20-7-8-23(11)15(21-13)12-6-5-9-26-12/h5-6,9,14,20H,7-8,10H2,1-4H3,(H,19,25)(H,22,24)/t14-/m1/s1. The van der Waals surface area contributed by atoms with Crippen molar-refractivity contribution in [3.8, 4) is 10.7 Å². The molecule has 26 heavy (non-hydrogen) atoms. The van der Waals surface area contributed by atoms with Crippen LogP contribution < -0.4 is 16.0 Å². The smallest absolute Gasteiger partial charge is 0.272 e. The number of hydrogen-bond acceptors (Lipinski definition) is 5. The third-order valence-electron chi connectivity index (χ3n) is 4.48. The number of aromatic nitrogens is 2. The molecule has 0 bridgehead atoms. The molecule has 0 aromatic carbocycles. The Morgan fingerprint density at radius 1 is 1.38 bits per heavy atom. The van der Waals surface area contributed by atoms with E-state index in [-0.39, 0.29) is 11.8 Å². The Bertz CT molecular complexity index is 804. The van der Waals surface area contributed by atoms with E-state index in [0.717, 1.165) is 29.5 Å². The van der Waals surface area contributed by atoms with Gasteiger partial charge >= 0.3 is 0 Å².